The lowest BCUT2D eigenvalue weighted by Gasteiger charge is -2.34. The maximum Gasteiger partial charge on any atom is 0.238 e. The number of hydrogen-bond donors (Lipinski definition) is 1. The number of anilines is 2. The van der Waals surface area contributed by atoms with Gasteiger partial charge in [-0.05, 0) is 19.1 Å². The van der Waals surface area contributed by atoms with Gasteiger partial charge >= 0.3 is 0 Å². The number of halogens is 1. The van der Waals surface area contributed by atoms with Gasteiger partial charge in [-0.3, -0.25) is 9.69 Å². The zero-order valence-corrected chi connectivity index (χ0v) is 13.8. The van der Waals surface area contributed by atoms with Crippen LogP contribution in [0.3, 0.4) is 0 Å². The van der Waals surface area contributed by atoms with Crippen LogP contribution in [-0.4, -0.2) is 48.5 Å². The smallest absolute Gasteiger partial charge is 0.238 e. The topological polar surface area (TPSA) is 48.5 Å². The van der Waals surface area contributed by atoms with Crippen molar-refractivity contribution in [3.05, 3.63) is 41.2 Å². The molecular formula is C16H19FN4OS. The fourth-order valence-corrected chi connectivity index (χ4v) is 3.40. The van der Waals surface area contributed by atoms with Gasteiger partial charge in [0.15, 0.2) is 5.13 Å². The average Bonchev–Trinajstić information content (AvgIpc) is 2.97. The Kier molecular flexibility index (Phi) is 4.88. The van der Waals surface area contributed by atoms with Crippen LogP contribution in [0.1, 0.15) is 5.69 Å². The third-order valence-electron chi connectivity index (χ3n) is 3.76. The summed E-state index contributed by atoms with van der Waals surface area (Å²) in [6.45, 7) is 5.55. The molecule has 0 bridgehead atoms. The van der Waals surface area contributed by atoms with Gasteiger partial charge in [0.05, 0.1) is 17.9 Å². The predicted molar refractivity (Wildman–Crippen MR) is 90.5 cm³/mol. The van der Waals surface area contributed by atoms with E-state index >= 15 is 0 Å². The molecule has 1 aromatic heterocycles. The molecule has 1 N–H and O–H groups in total. The summed E-state index contributed by atoms with van der Waals surface area (Å²) < 4.78 is 13.5. The van der Waals surface area contributed by atoms with Crippen LogP contribution in [0.2, 0.25) is 0 Å². The summed E-state index contributed by atoms with van der Waals surface area (Å²) in [5.41, 5.74) is 1.27. The Labute approximate surface area is 138 Å². The van der Waals surface area contributed by atoms with E-state index in [1.807, 2.05) is 12.3 Å². The molecule has 0 radical (unpaired) electrons. The highest BCUT2D eigenvalue weighted by Crippen LogP contribution is 2.21. The number of benzene rings is 1. The number of nitrogens with one attached hydrogen (secondary N) is 1. The number of nitrogens with zero attached hydrogens (tertiary/aromatic N) is 3. The molecule has 0 spiro atoms. The second-order valence-electron chi connectivity index (χ2n) is 5.56. The van der Waals surface area contributed by atoms with Crippen molar-refractivity contribution in [1.29, 1.82) is 0 Å². The number of thiazole rings is 1. The quantitative estimate of drug-likeness (QED) is 0.932. The molecule has 0 unspecified atom stereocenters. The molecule has 5 nitrogen and oxygen atoms in total. The van der Waals surface area contributed by atoms with E-state index in [9.17, 15) is 9.18 Å². The molecule has 1 aromatic carbocycles. The van der Waals surface area contributed by atoms with E-state index < -0.39 is 5.82 Å². The van der Waals surface area contributed by atoms with Gasteiger partial charge in [-0.2, -0.15) is 0 Å². The molecule has 2 aromatic rings. The minimum atomic E-state index is -0.412. The molecule has 0 aliphatic carbocycles. The van der Waals surface area contributed by atoms with Crippen LogP contribution in [0.4, 0.5) is 15.2 Å². The van der Waals surface area contributed by atoms with Crippen LogP contribution in [-0.2, 0) is 4.79 Å². The van der Waals surface area contributed by atoms with Gasteiger partial charge in [0.2, 0.25) is 5.91 Å². The molecule has 0 saturated carbocycles. The summed E-state index contributed by atoms with van der Waals surface area (Å²) in [6, 6.07) is 6.21. The van der Waals surface area contributed by atoms with Crippen molar-refractivity contribution in [2.45, 2.75) is 6.92 Å². The van der Waals surface area contributed by atoms with Gasteiger partial charge in [0, 0.05) is 31.6 Å². The predicted octanol–water partition coefficient (Wildman–Crippen LogP) is 2.35. The average molecular weight is 334 g/mol. The second kappa shape index (κ2) is 7.06. The van der Waals surface area contributed by atoms with E-state index in [2.05, 4.69) is 20.1 Å². The van der Waals surface area contributed by atoms with Gasteiger partial charge < -0.3 is 10.2 Å². The Bertz CT molecular complexity index is 682. The number of carbonyl (C=O) groups is 1. The Morgan fingerprint density at radius 3 is 2.70 bits per heavy atom. The zero-order chi connectivity index (χ0) is 16.2. The molecule has 1 fully saturated rings. The largest absolute Gasteiger partial charge is 0.346 e. The van der Waals surface area contributed by atoms with Crippen LogP contribution in [0.25, 0.3) is 0 Å². The van der Waals surface area contributed by atoms with Gasteiger partial charge in [0.25, 0.3) is 0 Å². The number of aromatic nitrogens is 1. The minimum absolute atomic E-state index is 0.186. The highest BCUT2D eigenvalue weighted by Gasteiger charge is 2.21. The maximum absolute atomic E-state index is 13.5. The van der Waals surface area contributed by atoms with Crippen molar-refractivity contribution in [3.63, 3.8) is 0 Å². The first-order valence-electron chi connectivity index (χ1n) is 7.55. The fourth-order valence-electron chi connectivity index (χ4n) is 2.54. The number of para-hydroxylation sites is 1. The first-order valence-corrected chi connectivity index (χ1v) is 8.43. The van der Waals surface area contributed by atoms with Crippen molar-refractivity contribution in [2.75, 3.05) is 42.9 Å². The molecule has 122 valence electrons. The molecule has 1 amide bonds. The summed E-state index contributed by atoms with van der Waals surface area (Å²) in [4.78, 5) is 20.9. The molecule has 0 atom stereocenters. The lowest BCUT2D eigenvalue weighted by Crippen LogP contribution is -2.48. The molecule has 2 heterocycles. The number of aryl methyl sites for hydroxylation is 1. The molecule has 3 rings (SSSR count). The van der Waals surface area contributed by atoms with E-state index in [1.54, 1.807) is 29.5 Å². The summed E-state index contributed by atoms with van der Waals surface area (Å²) >= 11 is 1.65. The standard InChI is InChI=1S/C16H19FN4OS/c1-12-11-23-16(18-12)21-8-6-20(7-9-21)10-15(22)19-14-5-3-2-4-13(14)17/h2-5,11H,6-10H2,1H3,(H,19,22). The minimum Gasteiger partial charge on any atom is -0.346 e. The fraction of sp³-hybridized carbons (Fsp3) is 0.375. The van der Waals surface area contributed by atoms with Crippen molar-refractivity contribution < 1.29 is 9.18 Å². The van der Waals surface area contributed by atoms with Crippen LogP contribution in [0.15, 0.2) is 29.6 Å². The van der Waals surface area contributed by atoms with Crippen molar-refractivity contribution in [2.24, 2.45) is 0 Å². The van der Waals surface area contributed by atoms with Gasteiger partial charge in [-0.1, -0.05) is 12.1 Å². The first-order chi connectivity index (χ1) is 11.1. The Morgan fingerprint density at radius 2 is 2.04 bits per heavy atom. The Balaban J connectivity index is 1.49. The van der Waals surface area contributed by atoms with Crippen molar-refractivity contribution in [3.8, 4) is 0 Å². The van der Waals surface area contributed by atoms with E-state index in [0.717, 1.165) is 37.0 Å². The molecular weight excluding hydrogens is 315 g/mol. The van der Waals surface area contributed by atoms with Gasteiger partial charge in [-0.25, -0.2) is 9.37 Å². The highest BCUT2D eigenvalue weighted by molar-refractivity contribution is 7.13. The SMILES string of the molecule is Cc1csc(N2CCN(CC(=O)Nc3ccccc3F)CC2)n1. The monoisotopic (exact) mass is 334 g/mol. The lowest BCUT2D eigenvalue weighted by molar-refractivity contribution is -0.117. The van der Waals surface area contributed by atoms with E-state index in [0.29, 0.717) is 0 Å². The molecule has 1 aliphatic rings. The molecule has 7 heteroatoms. The van der Waals surface area contributed by atoms with Gasteiger partial charge in [0.1, 0.15) is 5.82 Å². The number of piperazine rings is 1. The van der Waals surface area contributed by atoms with Crippen LogP contribution >= 0.6 is 11.3 Å². The summed E-state index contributed by atoms with van der Waals surface area (Å²) in [5, 5.41) is 5.71. The number of rotatable bonds is 4. The molecule has 1 aliphatic heterocycles. The third kappa shape index (κ3) is 4.05. The van der Waals surface area contributed by atoms with Crippen LogP contribution in [0, 0.1) is 12.7 Å². The van der Waals surface area contributed by atoms with Gasteiger partial charge in [-0.15, -0.1) is 11.3 Å². The zero-order valence-electron chi connectivity index (χ0n) is 13.0. The van der Waals surface area contributed by atoms with Crippen LogP contribution < -0.4 is 10.2 Å². The molecule has 23 heavy (non-hydrogen) atoms. The number of hydrogen-bond acceptors (Lipinski definition) is 5. The first kappa shape index (κ1) is 15.9. The third-order valence-corrected chi connectivity index (χ3v) is 4.78. The van der Waals surface area contributed by atoms with Crippen LogP contribution in [0.5, 0.6) is 0 Å². The lowest BCUT2D eigenvalue weighted by atomic mass is 10.3. The van der Waals surface area contributed by atoms with Crippen molar-refractivity contribution in [1.82, 2.24) is 9.88 Å². The van der Waals surface area contributed by atoms with E-state index in [4.69, 9.17) is 0 Å². The maximum atomic E-state index is 13.5. The normalized spacial score (nSPS) is 15.7. The molecule has 1 saturated heterocycles. The Hall–Kier alpha value is -1.99. The summed E-state index contributed by atoms with van der Waals surface area (Å²) in [6.07, 6.45) is 0. The van der Waals surface area contributed by atoms with E-state index in [1.165, 1.54) is 6.07 Å². The second-order valence-corrected chi connectivity index (χ2v) is 6.40. The number of carbonyl (C=O) groups excluding carboxylic acids is 1. The van der Waals surface area contributed by atoms with Crippen molar-refractivity contribution >= 4 is 28.1 Å². The van der Waals surface area contributed by atoms with E-state index in [-0.39, 0.29) is 18.1 Å². The number of amides is 1. The summed E-state index contributed by atoms with van der Waals surface area (Å²) in [5.74, 6) is -0.599. The summed E-state index contributed by atoms with van der Waals surface area (Å²) in [7, 11) is 0. The Morgan fingerprint density at radius 1 is 1.30 bits per heavy atom. The highest BCUT2D eigenvalue weighted by atomic mass is 32.1.